The lowest BCUT2D eigenvalue weighted by atomic mass is 9.90. The predicted molar refractivity (Wildman–Crippen MR) is 113 cm³/mol. The van der Waals surface area contributed by atoms with Crippen LogP contribution in [0.1, 0.15) is 54.3 Å². The highest BCUT2D eigenvalue weighted by atomic mass is 16.5. The molecule has 0 amide bonds. The van der Waals surface area contributed by atoms with E-state index in [4.69, 9.17) is 9.15 Å². The number of benzene rings is 2. The Hall–Kier alpha value is -2.55. The Bertz CT molecular complexity index is 953. The van der Waals surface area contributed by atoms with Crippen LogP contribution >= 0.6 is 0 Å². The second-order valence-electron chi connectivity index (χ2n) is 8.24. The molecular weight excluding hydrogens is 346 g/mol. The summed E-state index contributed by atoms with van der Waals surface area (Å²) in [5, 5.41) is 0. The first-order chi connectivity index (χ1) is 13.5. The van der Waals surface area contributed by atoms with Crippen molar-refractivity contribution in [1.82, 2.24) is 4.98 Å². The van der Waals surface area contributed by atoms with Gasteiger partial charge in [-0.3, -0.25) is 0 Å². The van der Waals surface area contributed by atoms with Gasteiger partial charge in [-0.15, -0.1) is 0 Å². The van der Waals surface area contributed by atoms with Crippen molar-refractivity contribution >= 4 is 0 Å². The molecule has 1 aliphatic rings. The lowest BCUT2D eigenvalue weighted by Gasteiger charge is -2.16. The Morgan fingerprint density at radius 3 is 2.64 bits per heavy atom. The van der Waals surface area contributed by atoms with Crippen LogP contribution in [0.15, 0.2) is 46.9 Å². The van der Waals surface area contributed by atoms with Gasteiger partial charge in [0.15, 0.2) is 0 Å². The summed E-state index contributed by atoms with van der Waals surface area (Å²) >= 11 is 0. The van der Waals surface area contributed by atoms with Crippen LogP contribution in [0.25, 0.3) is 11.5 Å². The van der Waals surface area contributed by atoms with Crippen LogP contribution in [0.3, 0.4) is 0 Å². The van der Waals surface area contributed by atoms with Crippen molar-refractivity contribution in [2.75, 3.05) is 6.61 Å². The average Bonchev–Trinajstić information content (AvgIpc) is 3.26. The van der Waals surface area contributed by atoms with Gasteiger partial charge in [-0.25, -0.2) is 4.98 Å². The zero-order chi connectivity index (χ0) is 19.7. The number of rotatable bonds is 6. The van der Waals surface area contributed by atoms with E-state index in [1.54, 1.807) is 0 Å². The summed E-state index contributed by atoms with van der Waals surface area (Å²) in [7, 11) is 0. The van der Waals surface area contributed by atoms with Gasteiger partial charge < -0.3 is 9.15 Å². The van der Waals surface area contributed by atoms with Crippen LogP contribution in [0, 0.1) is 19.8 Å². The second-order valence-corrected chi connectivity index (χ2v) is 8.24. The van der Waals surface area contributed by atoms with E-state index in [1.165, 1.54) is 23.1 Å². The summed E-state index contributed by atoms with van der Waals surface area (Å²) in [4.78, 5) is 4.68. The fourth-order valence-electron chi connectivity index (χ4n) is 4.15. The molecule has 3 aromatic rings. The van der Waals surface area contributed by atoms with Gasteiger partial charge in [0.25, 0.3) is 0 Å². The largest absolute Gasteiger partial charge is 0.493 e. The smallest absolute Gasteiger partial charge is 0.226 e. The fraction of sp³-hybridized carbons (Fsp3) is 0.400. The number of fused-ring (bicyclic) bond motifs is 1. The highest BCUT2D eigenvalue weighted by Gasteiger charge is 2.25. The van der Waals surface area contributed by atoms with E-state index in [1.807, 2.05) is 6.92 Å². The molecule has 1 aliphatic carbocycles. The topological polar surface area (TPSA) is 35.3 Å². The molecule has 0 bridgehead atoms. The van der Waals surface area contributed by atoms with Crippen molar-refractivity contribution in [3.8, 4) is 17.2 Å². The molecule has 0 radical (unpaired) electrons. The lowest BCUT2D eigenvalue weighted by molar-refractivity contribution is 0.319. The summed E-state index contributed by atoms with van der Waals surface area (Å²) in [6, 6.07) is 14.9. The van der Waals surface area contributed by atoms with Crippen molar-refractivity contribution in [2.24, 2.45) is 5.92 Å². The Morgan fingerprint density at radius 1 is 1.11 bits per heavy atom. The van der Waals surface area contributed by atoms with E-state index in [-0.39, 0.29) is 0 Å². The third-order valence-electron chi connectivity index (χ3n) is 5.84. The van der Waals surface area contributed by atoms with Crippen LogP contribution in [-0.4, -0.2) is 11.6 Å². The van der Waals surface area contributed by atoms with Gasteiger partial charge in [0.05, 0.1) is 12.3 Å². The van der Waals surface area contributed by atoms with Gasteiger partial charge in [-0.05, 0) is 73.9 Å². The van der Waals surface area contributed by atoms with E-state index in [9.17, 15) is 0 Å². The van der Waals surface area contributed by atoms with Crippen LogP contribution in [0.4, 0.5) is 0 Å². The van der Waals surface area contributed by atoms with Gasteiger partial charge in [0, 0.05) is 12.0 Å². The van der Waals surface area contributed by atoms with E-state index in [0.29, 0.717) is 24.3 Å². The Labute approximate surface area is 167 Å². The van der Waals surface area contributed by atoms with Gasteiger partial charge in [-0.1, -0.05) is 37.6 Å². The SMILES string of the molecule is Cc1ccc(-c2nc(CCOc3ccc4c(c3)CCC4C(C)C)c(C)o2)cc1. The molecule has 2 aromatic carbocycles. The number of hydrogen-bond donors (Lipinski definition) is 0. The normalized spacial score (nSPS) is 15.8. The van der Waals surface area contributed by atoms with Gasteiger partial charge in [-0.2, -0.15) is 0 Å². The molecular formula is C25H29NO2. The molecule has 0 saturated heterocycles. The van der Waals surface area contributed by atoms with Crippen LogP contribution in [-0.2, 0) is 12.8 Å². The third-order valence-corrected chi connectivity index (χ3v) is 5.84. The molecule has 28 heavy (non-hydrogen) atoms. The minimum Gasteiger partial charge on any atom is -0.493 e. The number of ether oxygens (including phenoxy) is 1. The van der Waals surface area contributed by atoms with Crippen LogP contribution in [0.2, 0.25) is 0 Å². The maximum atomic E-state index is 6.03. The molecule has 0 spiro atoms. The minimum absolute atomic E-state index is 0.604. The van der Waals surface area contributed by atoms with Crippen molar-refractivity contribution in [3.63, 3.8) is 0 Å². The first kappa shape index (κ1) is 18.8. The summed E-state index contributed by atoms with van der Waals surface area (Å²) in [5.74, 6) is 3.91. The van der Waals surface area contributed by atoms with Crippen molar-refractivity contribution in [3.05, 3.63) is 70.6 Å². The van der Waals surface area contributed by atoms with Gasteiger partial charge in [0.1, 0.15) is 11.5 Å². The molecule has 4 rings (SSSR count). The van der Waals surface area contributed by atoms with Crippen molar-refractivity contribution in [2.45, 2.75) is 52.9 Å². The average molecular weight is 376 g/mol. The minimum atomic E-state index is 0.604. The third kappa shape index (κ3) is 3.84. The second kappa shape index (κ2) is 7.83. The molecule has 3 nitrogen and oxygen atoms in total. The molecule has 0 aliphatic heterocycles. The molecule has 0 N–H and O–H groups in total. The predicted octanol–water partition coefficient (Wildman–Crippen LogP) is 6.27. The zero-order valence-electron chi connectivity index (χ0n) is 17.3. The van der Waals surface area contributed by atoms with Crippen LogP contribution < -0.4 is 4.74 Å². The maximum absolute atomic E-state index is 6.03. The summed E-state index contributed by atoms with van der Waals surface area (Å²) < 4.78 is 11.9. The Kier molecular flexibility index (Phi) is 5.25. The number of nitrogens with zero attached hydrogens (tertiary/aromatic N) is 1. The van der Waals surface area contributed by atoms with Gasteiger partial charge >= 0.3 is 0 Å². The van der Waals surface area contributed by atoms with E-state index < -0.39 is 0 Å². The highest BCUT2D eigenvalue weighted by molar-refractivity contribution is 5.54. The summed E-state index contributed by atoms with van der Waals surface area (Å²) in [6.07, 6.45) is 3.17. The molecule has 1 atom stereocenters. The maximum Gasteiger partial charge on any atom is 0.226 e. The fourth-order valence-corrected chi connectivity index (χ4v) is 4.15. The van der Waals surface area contributed by atoms with E-state index in [2.05, 4.69) is 68.2 Å². The summed E-state index contributed by atoms with van der Waals surface area (Å²) in [6.45, 7) is 9.29. The number of oxazole rings is 1. The van der Waals surface area contributed by atoms with Gasteiger partial charge in [0.2, 0.25) is 5.89 Å². The lowest BCUT2D eigenvalue weighted by Crippen LogP contribution is -2.04. The van der Waals surface area contributed by atoms with E-state index in [0.717, 1.165) is 35.6 Å². The first-order valence-corrected chi connectivity index (χ1v) is 10.3. The van der Waals surface area contributed by atoms with Crippen LogP contribution in [0.5, 0.6) is 5.75 Å². The Balaban J connectivity index is 1.39. The molecule has 3 heteroatoms. The first-order valence-electron chi connectivity index (χ1n) is 10.3. The number of hydrogen-bond acceptors (Lipinski definition) is 3. The molecule has 146 valence electrons. The summed E-state index contributed by atoms with van der Waals surface area (Å²) in [5.41, 5.74) is 6.18. The standard InChI is InChI=1S/C25H29NO2/c1-16(2)22-11-9-20-15-21(10-12-23(20)22)27-14-13-24-18(4)28-25(26-24)19-7-5-17(3)6-8-19/h5-8,10,12,15-16,22H,9,11,13-14H2,1-4H3. The van der Waals surface area contributed by atoms with Crippen molar-refractivity contribution < 1.29 is 9.15 Å². The molecule has 1 heterocycles. The molecule has 0 saturated carbocycles. The van der Waals surface area contributed by atoms with Crippen molar-refractivity contribution in [1.29, 1.82) is 0 Å². The quantitative estimate of drug-likeness (QED) is 0.509. The van der Waals surface area contributed by atoms with E-state index >= 15 is 0 Å². The molecule has 0 fully saturated rings. The zero-order valence-corrected chi connectivity index (χ0v) is 17.3. The number of aryl methyl sites for hydroxylation is 3. The number of aromatic nitrogens is 1. The molecule has 1 aromatic heterocycles. The highest BCUT2D eigenvalue weighted by Crippen LogP contribution is 2.39. The monoisotopic (exact) mass is 375 g/mol. The molecule has 1 unspecified atom stereocenters. The Morgan fingerprint density at radius 2 is 1.89 bits per heavy atom.